The molecular formula is C7H5N5O. The van der Waals surface area contributed by atoms with Gasteiger partial charge in [-0.3, -0.25) is 0 Å². The average Bonchev–Trinajstić information content (AvgIpc) is 2.71. The lowest BCUT2D eigenvalue weighted by Crippen LogP contribution is -1.98. The van der Waals surface area contributed by atoms with Gasteiger partial charge in [-0.15, -0.1) is 9.94 Å². The van der Waals surface area contributed by atoms with Gasteiger partial charge in [0.25, 0.3) is 0 Å². The topological polar surface area (TPSA) is 79.7 Å². The summed E-state index contributed by atoms with van der Waals surface area (Å²) < 4.78 is 1.41. The van der Waals surface area contributed by atoms with E-state index >= 15 is 0 Å². The second-order valence-electron chi connectivity index (χ2n) is 2.35. The minimum Gasteiger partial charge on any atom is -0.412 e. The van der Waals surface area contributed by atoms with Crippen molar-refractivity contribution in [3.05, 3.63) is 30.2 Å². The first-order chi connectivity index (χ1) is 6.29. The summed E-state index contributed by atoms with van der Waals surface area (Å²) in [6.07, 6.45) is 2.98. The fraction of sp³-hybridized carbons (Fsp3) is 0. The van der Waals surface area contributed by atoms with Crippen molar-refractivity contribution < 1.29 is 5.21 Å². The van der Waals surface area contributed by atoms with Crippen molar-refractivity contribution in [2.24, 2.45) is 0 Å². The first-order valence-electron chi connectivity index (χ1n) is 3.50. The summed E-state index contributed by atoms with van der Waals surface area (Å²) >= 11 is 0. The molecule has 2 aromatic heterocycles. The Morgan fingerprint density at radius 1 is 1.31 bits per heavy atom. The predicted molar refractivity (Wildman–Crippen MR) is 41.2 cm³/mol. The summed E-state index contributed by atoms with van der Waals surface area (Å²) in [6.45, 7) is 0. The zero-order valence-corrected chi connectivity index (χ0v) is 6.49. The van der Waals surface area contributed by atoms with Crippen LogP contribution in [0.25, 0.3) is 5.82 Å². The zero-order valence-electron chi connectivity index (χ0n) is 6.49. The van der Waals surface area contributed by atoms with Crippen molar-refractivity contribution in [2.75, 3.05) is 0 Å². The maximum absolute atomic E-state index is 8.88. The van der Waals surface area contributed by atoms with Gasteiger partial charge in [0.2, 0.25) is 0 Å². The summed E-state index contributed by atoms with van der Waals surface area (Å²) in [5.74, 6) is 0.462. The average molecular weight is 175 g/mol. The molecule has 0 atom stereocenters. The van der Waals surface area contributed by atoms with E-state index in [1.165, 1.54) is 10.9 Å². The van der Waals surface area contributed by atoms with Crippen LogP contribution in [0.4, 0.5) is 0 Å². The van der Waals surface area contributed by atoms with E-state index < -0.39 is 0 Å². The number of rotatable bonds is 1. The van der Waals surface area contributed by atoms with E-state index in [1.807, 2.05) is 6.07 Å². The van der Waals surface area contributed by atoms with E-state index in [0.717, 1.165) is 0 Å². The largest absolute Gasteiger partial charge is 0.412 e. The minimum atomic E-state index is 0.312. The smallest absolute Gasteiger partial charge is 0.178 e. The molecule has 0 amide bonds. The maximum Gasteiger partial charge on any atom is 0.178 e. The third-order valence-corrected chi connectivity index (χ3v) is 1.50. The van der Waals surface area contributed by atoms with Crippen molar-refractivity contribution in [3.63, 3.8) is 0 Å². The zero-order chi connectivity index (χ0) is 9.26. The third-order valence-electron chi connectivity index (χ3n) is 1.50. The lowest BCUT2D eigenvalue weighted by molar-refractivity contribution is 0.148. The number of nitriles is 1. The second kappa shape index (κ2) is 2.64. The van der Waals surface area contributed by atoms with Gasteiger partial charge in [-0.05, 0) is 6.07 Å². The molecule has 0 spiro atoms. The summed E-state index contributed by atoms with van der Waals surface area (Å²) in [5.41, 5.74) is 0.312. The molecule has 0 aliphatic carbocycles. The van der Waals surface area contributed by atoms with Crippen molar-refractivity contribution >= 4 is 0 Å². The molecule has 1 N–H and O–H groups in total. The van der Waals surface area contributed by atoms with Crippen LogP contribution < -0.4 is 0 Å². The molecule has 0 aromatic carbocycles. The van der Waals surface area contributed by atoms with Crippen LogP contribution in [-0.4, -0.2) is 24.9 Å². The van der Waals surface area contributed by atoms with Crippen molar-refractivity contribution in [2.45, 2.75) is 0 Å². The van der Waals surface area contributed by atoms with E-state index in [0.29, 0.717) is 16.4 Å². The Kier molecular flexibility index (Phi) is 1.49. The molecule has 0 bridgehead atoms. The molecular weight excluding hydrogens is 170 g/mol. The highest BCUT2D eigenvalue weighted by Gasteiger charge is 2.02. The molecule has 0 aliphatic rings. The molecule has 13 heavy (non-hydrogen) atoms. The fourth-order valence-corrected chi connectivity index (χ4v) is 0.938. The van der Waals surface area contributed by atoms with Crippen LogP contribution in [0.15, 0.2) is 24.5 Å². The Morgan fingerprint density at radius 3 is 2.69 bits per heavy atom. The molecule has 2 heterocycles. The molecule has 0 fully saturated rings. The Bertz CT molecular complexity index is 463. The van der Waals surface area contributed by atoms with Crippen LogP contribution in [0.3, 0.4) is 0 Å². The molecule has 64 valence electrons. The van der Waals surface area contributed by atoms with Gasteiger partial charge in [0, 0.05) is 12.3 Å². The lowest BCUT2D eigenvalue weighted by atomic mass is 10.5. The van der Waals surface area contributed by atoms with Crippen LogP contribution in [0.2, 0.25) is 0 Å². The number of nitrogens with zero attached hydrogens (tertiary/aromatic N) is 5. The monoisotopic (exact) mass is 175 g/mol. The number of hydrogen-bond acceptors (Lipinski definition) is 4. The maximum atomic E-state index is 8.88. The summed E-state index contributed by atoms with van der Waals surface area (Å²) in [4.78, 5) is 0.684. The van der Waals surface area contributed by atoms with Crippen LogP contribution in [0.1, 0.15) is 5.69 Å². The highest BCUT2D eigenvalue weighted by molar-refractivity contribution is 5.23. The Labute approximate surface area is 73.2 Å². The molecule has 2 aromatic rings. The van der Waals surface area contributed by atoms with Gasteiger partial charge in [0.1, 0.15) is 6.07 Å². The van der Waals surface area contributed by atoms with Crippen molar-refractivity contribution in [1.29, 1.82) is 5.26 Å². The number of aromatic nitrogens is 4. The molecule has 6 nitrogen and oxygen atoms in total. The Balaban J connectivity index is 2.42. The van der Waals surface area contributed by atoms with E-state index in [4.69, 9.17) is 10.5 Å². The van der Waals surface area contributed by atoms with E-state index in [-0.39, 0.29) is 0 Å². The van der Waals surface area contributed by atoms with Gasteiger partial charge >= 0.3 is 0 Å². The van der Waals surface area contributed by atoms with E-state index in [9.17, 15) is 0 Å². The van der Waals surface area contributed by atoms with Crippen molar-refractivity contribution in [1.82, 2.24) is 19.7 Å². The van der Waals surface area contributed by atoms with Gasteiger partial charge in [-0.2, -0.15) is 10.4 Å². The molecule has 0 radical (unpaired) electrons. The molecule has 0 aliphatic heterocycles. The Morgan fingerprint density at radius 2 is 2.15 bits per heavy atom. The lowest BCUT2D eigenvalue weighted by Gasteiger charge is -1.91. The molecule has 0 unspecified atom stereocenters. The van der Waals surface area contributed by atoms with Crippen LogP contribution >= 0.6 is 0 Å². The SMILES string of the molecule is N#Cc1ccn(-c2ccn(O)n2)n1. The highest BCUT2D eigenvalue weighted by Crippen LogP contribution is 2.02. The van der Waals surface area contributed by atoms with E-state index in [2.05, 4.69) is 10.2 Å². The number of hydrogen-bond donors (Lipinski definition) is 1. The highest BCUT2D eigenvalue weighted by atomic mass is 16.5. The summed E-state index contributed by atoms with van der Waals surface area (Å²) in [7, 11) is 0. The van der Waals surface area contributed by atoms with Crippen LogP contribution in [-0.2, 0) is 0 Å². The minimum absolute atomic E-state index is 0.312. The third kappa shape index (κ3) is 1.22. The first-order valence-corrected chi connectivity index (χ1v) is 3.50. The molecule has 2 rings (SSSR count). The van der Waals surface area contributed by atoms with Gasteiger partial charge < -0.3 is 5.21 Å². The standard InChI is InChI=1S/C7H5N5O/c8-5-6-1-3-11(9-6)7-2-4-12(13)10-7/h1-4,13H. The summed E-state index contributed by atoms with van der Waals surface area (Å²) in [5, 5.41) is 25.0. The van der Waals surface area contributed by atoms with Gasteiger partial charge in [-0.25, -0.2) is 4.68 Å². The quantitative estimate of drug-likeness (QED) is 0.627. The fourth-order valence-electron chi connectivity index (χ4n) is 0.938. The second-order valence-corrected chi connectivity index (χ2v) is 2.35. The normalized spacial score (nSPS) is 9.77. The van der Waals surface area contributed by atoms with Crippen LogP contribution in [0, 0.1) is 11.3 Å². The predicted octanol–water partition coefficient (Wildman–Crippen LogP) is 0.178. The van der Waals surface area contributed by atoms with Gasteiger partial charge in [-0.1, -0.05) is 0 Å². The molecule has 6 heteroatoms. The molecule has 0 saturated carbocycles. The first kappa shape index (κ1) is 7.36. The van der Waals surface area contributed by atoms with E-state index in [1.54, 1.807) is 18.3 Å². The summed E-state index contributed by atoms with van der Waals surface area (Å²) in [6, 6.07) is 5.04. The molecule has 0 saturated heterocycles. The van der Waals surface area contributed by atoms with Gasteiger partial charge in [0.15, 0.2) is 11.5 Å². The van der Waals surface area contributed by atoms with Crippen LogP contribution in [0.5, 0.6) is 0 Å². The van der Waals surface area contributed by atoms with Crippen molar-refractivity contribution in [3.8, 4) is 11.9 Å². The Hall–Kier alpha value is -2.29. The van der Waals surface area contributed by atoms with Gasteiger partial charge in [0.05, 0.1) is 6.20 Å².